The van der Waals surface area contributed by atoms with Gasteiger partial charge < -0.3 is 9.84 Å². The van der Waals surface area contributed by atoms with Crippen molar-refractivity contribution in [2.45, 2.75) is 32.9 Å². The van der Waals surface area contributed by atoms with Crippen molar-refractivity contribution in [2.75, 3.05) is 6.61 Å². The summed E-state index contributed by atoms with van der Waals surface area (Å²) in [6, 6.07) is 9.61. The van der Waals surface area contributed by atoms with Gasteiger partial charge in [-0.3, -0.25) is 0 Å². The van der Waals surface area contributed by atoms with Crippen LogP contribution in [0, 0.1) is 0 Å². The van der Waals surface area contributed by atoms with Crippen molar-refractivity contribution in [1.29, 1.82) is 0 Å². The fourth-order valence-electron chi connectivity index (χ4n) is 3.11. The smallest absolute Gasteiger partial charge is 0.434 e. The van der Waals surface area contributed by atoms with Crippen molar-refractivity contribution < 1.29 is 27.8 Å². The van der Waals surface area contributed by atoms with Gasteiger partial charge in [0.05, 0.1) is 18.5 Å². The quantitative estimate of drug-likeness (QED) is 0.582. The van der Waals surface area contributed by atoms with Crippen LogP contribution in [0.3, 0.4) is 0 Å². The van der Waals surface area contributed by atoms with Gasteiger partial charge >= 0.3 is 12.1 Å². The topological polar surface area (TPSA) is 77.2 Å². The van der Waals surface area contributed by atoms with E-state index in [2.05, 4.69) is 10.1 Å². The van der Waals surface area contributed by atoms with Gasteiger partial charge in [-0.2, -0.15) is 18.3 Å². The van der Waals surface area contributed by atoms with Crippen LogP contribution in [0.4, 0.5) is 13.2 Å². The summed E-state index contributed by atoms with van der Waals surface area (Å²) in [5.41, 5.74) is -0.556. The summed E-state index contributed by atoms with van der Waals surface area (Å²) in [5.74, 6) is -1.22. The number of pyridine rings is 1. The minimum atomic E-state index is -4.86. The van der Waals surface area contributed by atoms with Crippen LogP contribution in [0.25, 0.3) is 17.1 Å². The number of aryl methyl sites for hydroxylation is 1. The second-order valence-electron chi connectivity index (χ2n) is 6.48. The molecule has 2 aromatic heterocycles. The van der Waals surface area contributed by atoms with E-state index in [-0.39, 0.29) is 23.9 Å². The predicted octanol–water partition coefficient (Wildman–Crippen LogP) is 4.79. The lowest BCUT2D eigenvalue weighted by atomic mass is 10.0. The number of nitrogens with zero attached hydrogens (tertiary/aromatic N) is 3. The third-order valence-corrected chi connectivity index (χ3v) is 4.40. The number of alkyl halides is 3. The lowest BCUT2D eigenvalue weighted by molar-refractivity contribution is -0.143. The molecular formula is C21H20F3N3O3. The zero-order chi connectivity index (χ0) is 21.9. The Hall–Kier alpha value is -3.36. The Bertz CT molecular complexity index is 1060. The summed E-state index contributed by atoms with van der Waals surface area (Å²) in [6.45, 7) is 3.41. The van der Waals surface area contributed by atoms with Crippen molar-refractivity contribution >= 4 is 5.97 Å². The average molecular weight is 419 g/mol. The Morgan fingerprint density at radius 2 is 1.90 bits per heavy atom. The van der Waals surface area contributed by atoms with E-state index >= 15 is 0 Å². The second-order valence-corrected chi connectivity index (χ2v) is 6.48. The molecule has 3 aromatic rings. The summed E-state index contributed by atoms with van der Waals surface area (Å²) >= 11 is 0. The molecule has 1 N–H and O–H groups in total. The number of phenols is 1. The number of para-hydroxylation sites is 1. The molecule has 0 radical (unpaired) electrons. The van der Waals surface area contributed by atoms with E-state index in [0.717, 1.165) is 18.2 Å². The molecule has 158 valence electrons. The zero-order valence-corrected chi connectivity index (χ0v) is 16.4. The number of benzene rings is 1. The number of aromatic hydroxyl groups is 1. The molecule has 0 fully saturated rings. The maximum Gasteiger partial charge on any atom is 0.434 e. The number of hydrogen-bond donors (Lipinski definition) is 1. The first-order valence-electron chi connectivity index (χ1n) is 9.38. The van der Waals surface area contributed by atoms with E-state index in [9.17, 15) is 23.1 Å². The molecule has 0 spiro atoms. The molecule has 0 saturated carbocycles. The SMILES string of the molecule is CCCc1cccc(-c2cccc(-n3ncc(C(=O)OCC)c3C(F)(F)F)n2)c1O. The van der Waals surface area contributed by atoms with Gasteiger partial charge in [0.15, 0.2) is 11.5 Å². The maximum atomic E-state index is 13.7. The fourth-order valence-corrected chi connectivity index (χ4v) is 3.11. The maximum absolute atomic E-state index is 13.7. The number of aromatic nitrogens is 3. The van der Waals surface area contributed by atoms with Crippen molar-refractivity contribution in [3.8, 4) is 22.8 Å². The molecule has 6 nitrogen and oxygen atoms in total. The first-order valence-corrected chi connectivity index (χ1v) is 9.38. The molecule has 3 rings (SSSR count). The molecule has 30 heavy (non-hydrogen) atoms. The van der Waals surface area contributed by atoms with E-state index in [0.29, 0.717) is 16.7 Å². The van der Waals surface area contributed by atoms with Gasteiger partial charge in [0.2, 0.25) is 0 Å². The number of phenolic OH excluding ortho intramolecular Hbond substituents is 1. The minimum absolute atomic E-state index is 0.0349. The largest absolute Gasteiger partial charge is 0.507 e. The highest BCUT2D eigenvalue weighted by molar-refractivity contribution is 5.90. The highest BCUT2D eigenvalue weighted by Crippen LogP contribution is 2.35. The fraction of sp³-hybridized carbons (Fsp3) is 0.286. The van der Waals surface area contributed by atoms with Gasteiger partial charge in [0.1, 0.15) is 11.3 Å². The van der Waals surface area contributed by atoms with E-state index in [1.807, 2.05) is 6.92 Å². The predicted molar refractivity (Wildman–Crippen MR) is 103 cm³/mol. The molecule has 0 bridgehead atoms. The highest BCUT2D eigenvalue weighted by Gasteiger charge is 2.41. The van der Waals surface area contributed by atoms with Crippen molar-refractivity contribution in [3.63, 3.8) is 0 Å². The molecule has 0 unspecified atom stereocenters. The molecule has 0 aliphatic heterocycles. The van der Waals surface area contributed by atoms with Crippen molar-refractivity contribution in [1.82, 2.24) is 14.8 Å². The average Bonchev–Trinajstić information content (AvgIpc) is 3.16. The molecular weight excluding hydrogens is 399 g/mol. The Morgan fingerprint density at radius 3 is 2.57 bits per heavy atom. The van der Waals surface area contributed by atoms with Crippen LogP contribution in [0.2, 0.25) is 0 Å². The Balaban J connectivity index is 2.12. The standard InChI is InChI=1S/C21H20F3N3O3/c1-3-7-13-8-5-9-14(18(13)28)16-10-6-11-17(26-16)27-19(21(22,23)24)15(12-25-27)20(29)30-4-2/h5-6,8-12,28H,3-4,7H2,1-2H3. The molecule has 0 amide bonds. The van der Waals surface area contributed by atoms with Crippen molar-refractivity contribution in [2.24, 2.45) is 0 Å². The summed E-state index contributed by atoms with van der Waals surface area (Å²) in [7, 11) is 0. The number of ether oxygens (including phenoxy) is 1. The second kappa shape index (κ2) is 8.56. The van der Waals surface area contributed by atoms with Crippen molar-refractivity contribution in [3.05, 3.63) is 59.4 Å². The molecule has 9 heteroatoms. The van der Waals surface area contributed by atoms with Crippen LogP contribution < -0.4 is 0 Å². The summed E-state index contributed by atoms with van der Waals surface area (Å²) in [6.07, 6.45) is -2.57. The van der Waals surface area contributed by atoms with E-state index in [1.54, 1.807) is 24.3 Å². The normalized spacial score (nSPS) is 11.5. The highest BCUT2D eigenvalue weighted by atomic mass is 19.4. The van der Waals surface area contributed by atoms with Gasteiger partial charge in [-0.25, -0.2) is 14.5 Å². The number of esters is 1. The minimum Gasteiger partial charge on any atom is -0.507 e. The monoisotopic (exact) mass is 419 g/mol. The molecule has 0 saturated heterocycles. The third-order valence-electron chi connectivity index (χ3n) is 4.40. The Morgan fingerprint density at radius 1 is 1.17 bits per heavy atom. The molecule has 1 aromatic carbocycles. The first-order chi connectivity index (χ1) is 14.3. The summed E-state index contributed by atoms with van der Waals surface area (Å²) in [4.78, 5) is 16.2. The summed E-state index contributed by atoms with van der Waals surface area (Å²) < 4.78 is 46.4. The Kier molecular flexibility index (Phi) is 6.09. The molecule has 2 heterocycles. The molecule has 0 aliphatic carbocycles. The number of carbonyl (C=O) groups excluding carboxylic acids is 1. The van der Waals surface area contributed by atoms with Crippen LogP contribution in [0.15, 0.2) is 42.6 Å². The van der Waals surface area contributed by atoms with Crippen LogP contribution in [0.1, 0.15) is 41.9 Å². The first kappa shape index (κ1) is 21.4. The third kappa shape index (κ3) is 4.14. The zero-order valence-electron chi connectivity index (χ0n) is 16.4. The van der Waals surface area contributed by atoms with E-state index in [1.165, 1.54) is 19.1 Å². The van der Waals surface area contributed by atoms with Crippen LogP contribution in [-0.2, 0) is 17.3 Å². The van der Waals surface area contributed by atoms with E-state index < -0.39 is 23.4 Å². The van der Waals surface area contributed by atoms with Gasteiger partial charge in [-0.05, 0) is 37.1 Å². The van der Waals surface area contributed by atoms with Crippen LogP contribution in [0.5, 0.6) is 5.75 Å². The number of rotatable bonds is 6. The lowest BCUT2D eigenvalue weighted by Crippen LogP contribution is -2.19. The van der Waals surface area contributed by atoms with Crippen LogP contribution >= 0.6 is 0 Å². The van der Waals surface area contributed by atoms with Crippen LogP contribution in [-0.4, -0.2) is 32.4 Å². The molecule has 0 atom stereocenters. The number of carbonyl (C=O) groups is 1. The Labute approximate surface area is 170 Å². The van der Waals surface area contributed by atoms with Gasteiger partial charge in [0.25, 0.3) is 0 Å². The number of halogens is 3. The molecule has 0 aliphatic rings. The van der Waals surface area contributed by atoms with Gasteiger partial charge in [-0.15, -0.1) is 0 Å². The summed E-state index contributed by atoms with van der Waals surface area (Å²) in [5, 5.41) is 14.3. The van der Waals surface area contributed by atoms with Gasteiger partial charge in [-0.1, -0.05) is 31.5 Å². The van der Waals surface area contributed by atoms with Gasteiger partial charge in [0, 0.05) is 5.56 Å². The van der Waals surface area contributed by atoms with E-state index in [4.69, 9.17) is 4.74 Å². The lowest BCUT2D eigenvalue weighted by Gasteiger charge is -2.13. The number of hydrogen-bond acceptors (Lipinski definition) is 5.